The molecule has 1 aliphatic heterocycles. The lowest BCUT2D eigenvalue weighted by Crippen LogP contribution is -2.36. The Morgan fingerprint density at radius 1 is 1.44 bits per heavy atom. The van der Waals surface area contributed by atoms with Gasteiger partial charge >= 0.3 is 0 Å². The van der Waals surface area contributed by atoms with Gasteiger partial charge in [-0.15, -0.1) is 11.6 Å². The summed E-state index contributed by atoms with van der Waals surface area (Å²) in [5.41, 5.74) is 1.21. The first-order chi connectivity index (χ1) is 8.75. The predicted octanol–water partition coefficient (Wildman–Crippen LogP) is 3.70. The van der Waals surface area contributed by atoms with Gasteiger partial charge in [-0.25, -0.2) is 0 Å². The molecule has 0 spiro atoms. The van der Waals surface area contributed by atoms with Crippen LogP contribution in [0.15, 0.2) is 18.5 Å². The summed E-state index contributed by atoms with van der Waals surface area (Å²) in [6, 6.07) is 2.00. The van der Waals surface area contributed by atoms with Crippen molar-refractivity contribution in [2.24, 2.45) is 11.3 Å². The lowest BCUT2D eigenvalue weighted by atomic mass is 9.76. The van der Waals surface area contributed by atoms with E-state index in [-0.39, 0.29) is 5.41 Å². The maximum absolute atomic E-state index is 6.29. The molecule has 1 aliphatic carbocycles. The Kier molecular flexibility index (Phi) is 3.52. The number of rotatable bonds is 4. The Balaban J connectivity index is 1.85. The Morgan fingerprint density at radius 2 is 2.28 bits per heavy atom. The van der Waals surface area contributed by atoms with Crippen LogP contribution in [-0.4, -0.2) is 23.6 Å². The topological polar surface area (TPSA) is 22.1 Å². The molecule has 1 saturated heterocycles. The monoisotopic (exact) mass is 285 g/mol. The van der Waals surface area contributed by atoms with Gasteiger partial charge in [0.25, 0.3) is 0 Å². The highest BCUT2D eigenvalue weighted by Gasteiger charge is 2.50. The molecule has 98 valence electrons. The normalized spacial score (nSPS) is 31.8. The maximum Gasteiger partial charge on any atom is 0.0674 e. The Labute approximate surface area is 118 Å². The lowest BCUT2D eigenvalue weighted by molar-refractivity contribution is 0.0403. The second-order valence-corrected chi connectivity index (χ2v) is 6.19. The molecular formula is C14H17Cl2NO. The van der Waals surface area contributed by atoms with Gasteiger partial charge in [-0.05, 0) is 43.2 Å². The zero-order chi connectivity index (χ0) is 12.6. The van der Waals surface area contributed by atoms with Crippen LogP contribution in [0.4, 0.5) is 0 Å². The van der Waals surface area contributed by atoms with E-state index in [4.69, 9.17) is 27.9 Å². The van der Waals surface area contributed by atoms with Crippen LogP contribution in [0.3, 0.4) is 0 Å². The molecule has 1 aromatic heterocycles. The first-order valence-electron chi connectivity index (χ1n) is 6.51. The van der Waals surface area contributed by atoms with Crippen molar-refractivity contribution in [3.63, 3.8) is 0 Å². The smallest absolute Gasteiger partial charge is 0.0674 e. The van der Waals surface area contributed by atoms with Gasteiger partial charge in [-0.1, -0.05) is 11.6 Å². The number of hydrogen-bond donors (Lipinski definition) is 0. The van der Waals surface area contributed by atoms with E-state index in [9.17, 15) is 0 Å². The van der Waals surface area contributed by atoms with Crippen molar-refractivity contribution in [3.8, 4) is 0 Å². The average molecular weight is 286 g/mol. The van der Waals surface area contributed by atoms with Crippen LogP contribution in [0, 0.1) is 11.3 Å². The molecular weight excluding hydrogens is 269 g/mol. The van der Waals surface area contributed by atoms with Crippen molar-refractivity contribution in [1.82, 2.24) is 4.98 Å². The van der Waals surface area contributed by atoms with Gasteiger partial charge < -0.3 is 4.74 Å². The average Bonchev–Trinajstić information content (AvgIpc) is 3.14. The molecule has 0 bridgehead atoms. The molecule has 1 aromatic rings. The van der Waals surface area contributed by atoms with E-state index in [2.05, 4.69) is 4.98 Å². The van der Waals surface area contributed by atoms with Crippen LogP contribution in [0.1, 0.15) is 24.8 Å². The number of hydrogen-bond acceptors (Lipinski definition) is 2. The number of ether oxygens (including phenoxy) is 1. The summed E-state index contributed by atoms with van der Waals surface area (Å²) in [5.74, 6) is 1.36. The third-order valence-electron chi connectivity index (χ3n) is 4.22. The zero-order valence-corrected chi connectivity index (χ0v) is 11.8. The molecule has 3 rings (SSSR count). The second-order valence-electron chi connectivity index (χ2n) is 5.52. The minimum Gasteiger partial charge on any atom is -0.377 e. The minimum absolute atomic E-state index is 0.0632. The summed E-state index contributed by atoms with van der Waals surface area (Å²) in [7, 11) is 0. The van der Waals surface area contributed by atoms with Crippen LogP contribution < -0.4 is 0 Å². The number of pyridine rings is 1. The second kappa shape index (κ2) is 4.99. The molecule has 0 aromatic carbocycles. The molecule has 0 amide bonds. The maximum atomic E-state index is 6.29. The molecule has 18 heavy (non-hydrogen) atoms. The SMILES string of the molecule is ClCC1(Cc2ccncc2Cl)CCOC1C1CC1. The van der Waals surface area contributed by atoms with Crippen LogP contribution in [-0.2, 0) is 11.2 Å². The number of aromatic nitrogens is 1. The summed E-state index contributed by atoms with van der Waals surface area (Å²) in [5, 5.41) is 0.739. The van der Waals surface area contributed by atoms with Crippen molar-refractivity contribution in [3.05, 3.63) is 29.0 Å². The van der Waals surface area contributed by atoms with Crippen molar-refractivity contribution >= 4 is 23.2 Å². The van der Waals surface area contributed by atoms with Gasteiger partial charge in [0.15, 0.2) is 0 Å². The van der Waals surface area contributed by atoms with Crippen molar-refractivity contribution < 1.29 is 4.74 Å². The van der Waals surface area contributed by atoms with Crippen LogP contribution >= 0.6 is 23.2 Å². The van der Waals surface area contributed by atoms with Crippen LogP contribution in [0.2, 0.25) is 5.02 Å². The van der Waals surface area contributed by atoms with Gasteiger partial charge in [-0.2, -0.15) is 0 Å². The third-order valence-corrected chi connectivity index (χ3v) is 5.09. The fourth-order valence-electron chi connectivity index (χ4n) is 3.05. The first-order valence-corrected chi connectivity index (χ1v) is 7.42. The third kappa shape index (κ3) is 2.26. The molecule has 2 unspecified atom stereocenters. The number of alkyl halides is 1. The molecule has 2 aliphatic rings. The van der Waals surface area contributed by atoms with E-state index in [0.29, 0.717) is 17.9 Å². The van der Waals surface area contributed by atoms with Crippen LogP contribution in [0.25, 0.3) is 0 Å². The fraction of sp³-hybridized carbons (Fsp3) is 0.643. The number of halogens is 2. The standard InChI is InChI=1S/C14H17Cl2NO/c15-9-14(4-6-18-13(14)10-1-2-10)7-11-3-5-17-8-12(11)16/h3,5,8,10,13H,1-2,4,6-7,9H2. The van der Waals surface area contributed by atoms with Gasteiger partial charge in [0.05, 0.1) is 11.1 Å². The van der Waals surface area contributed by atoms with E-state index in [1.807, 2.05) is 6.07 Å². The van der Waals surface area contributed by atoms with E-state index >= 15 is 0 Å². The van der Waals surface area contributed by atoms with Gasteiger partial charge in [0.1, 0.15) is 0 Å². The summed E-state index contributed by atoms with van der Waals surface area (Å²) in [6.45, 7) is 0.830. The first kappa shape index (κ1) is 12.7. The summed E-state index contributed by atoms with van der Waals surface area (Å²) < 4.78 is 5.95. The molecule has 2 nitrogen and oxygen atoms in total. The number of nitrogens with zero attached hydrogens (tertiary/aromatic N) is 1. The molecule has 0 radical (unpaired) electrons. The quantitative estimate of drug-likeness (QED) is 0.787. The van der Waals surface area contributed by atoms with Crippen molar-refractivity contribution in [2.45, 2.75) is 31.8 Å². The zero-order valence-electron chi connectivity index (χ0n) is 10.2. The summed E-state index contributed by atoms with van der Waals surface area (Å²) in [6.07, 6.45) is 8.33. The van der Waals surface area contributed by atoms with E-state index in [0.717, 1.165) is 30.0 Å². The van der Waals surface area contributed by atoms with Crippen molar-refractivity contribution in [2.75, 3.05) is 12.5 Å². The van der Waals surface area contributed by atoms with Crippen LogP contribution in [0.5, 0.6) is 0 Å². The lowest BCUT2D eigenvalue weighted by Gasteiger charge is -2.32. The molecule has 1 saturated carbocycles. The van der Waals surface area contributed by atoms with E-state index < -0.39 is 0 Å². The molecule has 2 atom stereocenters. The molecule has 4 heteroatoms. The summed E-state index contributed by atoms with van der Waals surface area (Å²) >= 11 is 12.5. The fourth-order valence-corrected chi connectivity index (χ4v) is 3.62. The van der Waals surface area contributed by atoms with Crippen molar-refractivity contribution in [1.29, 1.82) is 0 Å². The van der Waals surface area contributed by atoms with Gasteiger partial charge in [-0.3, -0.25) is 4.98 Å². The van der Waals surface area contributed by atoms with Gasteiger partial charge in [0, 0.05) is 30.3 Å². The predicted molar refractivity (Wildman–Crippen MR) is 73.2 cm³/mol. The largest absolute Gasteiger partial charge is 0.377 e. The Morgan fingerprint density at radius 3 is 2.94 bits per heavy atom. The highest BCUT2D eigenvalue weighted by atomic mass is 35.5. The van der Waals surface area contributed by atoms with E-state index in [1.54, 1.807) is 12.4 Å². The highest BCUT2D eigenvalue weighted by Crippen LogP contribution is 2.50. The Hall–Kier alpha value is -0.310. The molecule has 2 heterocycles. The molecule has 0 N–H and O–H groups in total. The summed E-state index contributed by atoms with van der Waals surface area (Å²) in [4.78, 5) is 4.04. The minimum atomic E-state index is 0.0632. The Bertz CT molecular complexity index is 436. The molecule has 2 fully saturated rings. The van der Waals surface area contributed by atoms with Gasteiger partial charge in [0.2, 0.25) is 0 Å². The highest BCUT2D eigenvalue weighted by molar-refractivity contribution is 6.31. The van der Waals surface area contributed by atoms with E-state index in [1.165, 1.54) is 12.8 Å².